The zero-order valence-corrected chi connectivity index (χ0v) is 15.2. The number of urea groups is 1. The third-order valence-electron chi connectivity index (χ3n) is 4.04. The van der Waals surface area contributed by atoms with Crippen molar-refractivity contribution in [1.29, 1.82) is 5.26 Å². The van der Waals surface area contributed by atoms with Gasteiger partial charge in [-0.15, -0.1) is 0 Å². The average molecular weight is 381 g/mol. The van der Waals surface area contributed by atoms with Gasteiger partial charge in [0, 0.05) is 35.9 Å². The van der Waals surface area contributed by atoms with Crippen molar-refractivity contribution >= 4 is 28.4 Å². The maximum atomic E-state index is 12.2. The number of hydrogen-bond donors (Lipinski definition) is 2. The smallest absolute Gasteiger partial charge is 0.323 e. The molecule has 0 unspecified atom stereocenters. The molecule has 4 aromatic rings. The van der Waals surface area contributed by atoms with Crippen molar-refractivity contribution in [3.05, 3.63) is 84.7 Å². The van der Waals surface area contributed by atoms with E-state index in [0.29, 0.717) is 28.4 Å². The first-order chi connectivity index (χ1) is 14.2. The highest BCUT2D eigenvalue weighted by Gasteiger charge is 2.06. The molecule has 0 bridgehead atoms. The van der Waals surface area contributed by atoms with Crippen LogP contribution >= 0.6 is 0 Å². The van der Waals surface area contributed by atoms with Crippen LogP contribution in [0.5, 0.6) is 11.5 Å². The monoisotopic (exact) mass is 381 g/mol. The van der Waals surface area contributed by atoms with E-state index in [2.05, 4.69) is 20.6 Å². The summed E-state index contributed by atoms with van der Waals surface area (Å²) in [6.07, 6.45) is 3.27. The largest absolute Gasteiger partial charge is 0.457 e. The van der Waals surface area contributed by atoms with Crippen LogP contribution in [0.4, 0.5) is 16.2 Å². The zero-order valence-electron chi connectivity index (χ0n) is 15.2. The minimum atomic E-state index is -0.396. The third kappa shape index (κ3) is 4.46. The number of hydrogen-bond acceptors (Lipinski definition) is 5. The second-order valence-corrected chi connectivity index (χ2v) is 6.11. The second kappa shape index (κ2) is 8.06. The molecule has 140 valence electrons. The molecule has 2 amide bonds. The molecular weight excluding hydrogens is 366 g/mol. The predicted molar refractivity (Wildman–Crippen MR) is 110 cm³/mol. The first-order valence-electron chi connectivity index (χ1n) is 8.76. The summed E-state index contributed by atoms with van der Waals surface area (Å²) in [6, 6.07) is 20.8. The number of benzene rings is 3. The Morgan fingerprint density at radius 3 is 2.34 bits per heavy atom. The molecule has 2 N–H and O–H groups in total. The molecule has 7 nitrogen and oxygen atoms in total. The van der Waals surface area contributed by atoms with Crippen LogP contribution < -0.4 is 15.4 Å². The summed E-state index contributed by atoms with van der Waals surface area (Å²) >= 11 is 0. The highest BCUT2D eigenvalue weighted by Crippen LogP contribution is 2.26. The molecule has 0 aliphatic heterocycles. The number of nitriles is 1. The van der Waals surface area contributed by atoms with Gasteiger partial charge in [-0.2, -0.15) is 5.26 Å². The van der Waals surface area contributed by atoms with Crippen molar-refractivity contribution in [3.8, 4) is 17.6 Å². The molecule has 0 aliphatic carbocycles. The van der Waals surface area contributed by atoms with E-state index in [0.717, 1.165) is 11.0 Å². The van der Waals surface area contributed by atoms with E-state index in [1.807, 2.05) is 18.2 Å². The van der Waals surface area contributed by atoms with Gasteiger partial charge in [0.2, 0.25) is 0 Å². The van der Waals surface area contributed by atoms with E-state index in [1.165, 1.54) is 0 Å². The van der Waals surface area contributed by atoms with Crippen molar-refractivity contribution in [2.45, 2.75) is 0 Å². The van der Waals surface area contributed by atoms with Crippen molar-refractivity contribution < 1.29 is 9.53 Å². The lowest BCUT2D eigenvalue weighted by Gasteiger charge is -2.10. The molecule has 0 aliphatic rings. The number of aromatic nitrogens is 2. The quantitative estimate of drug-likeness (QED) is 0.522. The molecule has 0 saturated heterocycles. The summed E-state index contributed by atoms with van der Waals surface area (Å²) in [5, 5.41) is 14.3. The molecule has 0 spiro atoms. The van der Waals surface area contributed by atoms with Gasteiger partial charge in [0.25, 0.3) is 0 Å². The van der Waals surface area contributed by atoms with Gasteiger partial charge in [-0.3, -0.25) is 9.97 Å². The maximum absolute atomic E-state index is 12.2. The number of nitrogens with one attached hydrogen (secondary N) is 2. The van der Waals surface area contributed by atoms with Crippen LogP contribution in [-0.4, -0.2) is 16.0 Å². The van der Waals surface area contributed by atoms with Crippen LogP contribution in [0.2, 0.25) is 0 Å². The Labute approximate surface area is 166 Å². The van der Waals surface area contributed by atoms with Crippen LogP contribution in [-0.2, 0) is 0 Å². The molecule has 0 atom stereocenters. The van der Waals surface area contributed by atoms with E-state index >= 15 is 0 Å². The lowest BCUT2D eigenvalue weighted by atomic mass is 10.2. The first kappa shape index (κ1) is 17.9. The van der Waals surface area contributed by atoms with E-state index in [1.54, 1.807) is 67.0 Å². The molecule has 0 radical (unpaired) electrons. The van der Waals surface area contributed by atoms with Gasteiger partial charge in [-0.1, -0.05) is 6.07 Å². The van der Waals surface area contributed by atoms with E-state index < -0.39 is 6.03 Å². The number of fused-ring (bicyclic) bond motifs is 1. The Kier molecular flexibility index (Phi) is 4.99. The molecule has 0 saturated carbocycles. The number of ether oxygens (including phenoxy) is 1. The standard InChI is InChI=1S/C22H15N5O2/c23-14-15-4-6-16(7-5-15)26-22(28)27-17-2-1-3-18(12-17)29-19-8-9-20-21(13-19)25-11-10-24-20/h1-13H,(H2,26,27,28). The van der Waals surface area contributed by atoms with Gasteiger partial charge in [-0.05, 0) is 48.5 Å². The van der Waals surface area contributed by atoms with Crippen LogP contribution in [0.25, 0.3) is 11.0 Å². The minimum Gasteiger partial charge on any atom is -0.457 e. The molecule has 29 heavy (non-hydrogen) atoms. The van der Waals surface area contributed by atoms with Crippen molar-refractivity contribution in [3.63, 3.8) is 0 Å². The van der Waals surface area contributed by atoms with Gasteiger partial charge < -0.3 is 15.4 Å². The highest BCUT2D eigenvalue weighted by molar-refractivity contribution is 5.99. The summed E-state index contributed by atoms with van der Waals surface area (Å²) in [6.45, 7) is 0. The molecule has 1 aromatic heterocycles. The van der Waals surface area contributed by atoms with Gasteiger partial charge in [-0.25, -0.2) is 4.79 Å². The zero-order chi connectivity index (χ0) is 20.1. The van der Waals surface area contributed by atoms with Crippen LogP contribution in [0.3, 0.4) is 0 Å². The molecule has 3 aromatic carbocycles. The highest BCUT2D eigenvalue weighted by atomic mass is 16.5. The Morgan fingerprint density at radius 2 is 1.55 bits per heavy atom. The van der Waals surface area contributed by atoms with Crippen molar-refractivity contribution in [2.75, 3.05) is 10.6 Å². The fourth-order valence-corrected chi connectivity index (χ4v) is 2.70. The first-order valence-corrected chi connectivity index (χ1v) is 8.76. The van der Waals surface area contributed by atoms with E-state index in [9.17, 15) is 4.79 Å². The molecular formula is C22H15N5O2. The molecule has 1 heterocycles. The maximum Gasteiger partial charge on any atom is 0.323 e. The van der Waals surface area contributed by atoms with Crippen molar-refractivity contribution in [1.82, 2.24) is 9.97 Å². The fourth-order valence-electron chi connectivity index (χ4n) is 2.70. The van der Waals surface area contributed by atoms with E-state index in [4.69, 9.17) is 10.00 Å². The minimum absolute atomic E-state index is 0.396. The number of carbonyl (C=O) groups excluding carboxylic acids is 1. The van der Waals surface area contributed by atoms with Crippen LogP contribution in [0, 0.1) is 11.3 Å². The average Bonchev–Trinajstić information content (AvgIpc) is 2.74. The summed E-state index contributed by atoms with van der Waals surface area (Å²) in [7, 11) is 0. The van der Waals surface area contributed by atoms with E-state index in [-0.39, 0.29) is 0 Å². The van der Waals surface area contributed by atoms with Crippen LogP contribution in [0.15, 0.2) is 79.1 Å². The summed E-state index contributed by atoms with van der Waals surface area (Å²) < 4.78 is 5.88. The van der Waals surface area contributed by atoms with Crippen LogP contribution in [0.1, 0.15) is 5.56 Å². The Morgan fingerprint density at radius 1 is 0.828 bits per heavy atom. The topological polar surface area (TPSA) is 99.9 Å². The molecule has 4 rings (SSSR count). The second-order valence-electron chi connectivity index (χ2n) is 6.11. The number of amides is 2. The Balaban J connectivity index is 1.43. The summed E-state index contributed by atoms with van der Waals surface area (Å²) in [5.74, 6) is 1.20. The molecule has 0 fully saturated rings. The summed E-state index contributed by atoms with van der Waals surface area (Å²) in [4.78, 5) is 20.7. The fraction of sp³-hybridized carbons (Fsp3) is 0. The Bertz CT molecular complexity index is 1220. The third-order valence-corrected chi connectivity index (χ3v) is 4.04. The lowest BCUT2D eigenvalue weighted by Crippen LogP contribution is -2.19. The summed E-state index contributed by atoms with van der Waals surface area (Å²) in [5.41, 5.74) is 3.22. The molecule has 7 heteroatoms. The van der Waals surface area contributed by atoms with Crippen molar-refractivity contribution in [2.24, 2.45) is 0 Å². The van der Waals surface area contributed by atoms with Gasteiger partial charge >= 0.3 is 6.03 Å². The van der Waals surface area contributed by atoms with Gasteiger partial charge in [0.1, 0.15) is 11.5 Å². The number of nitrogens with zero attached hydrogens (tertiary/aromatic N) is 3. The van der Waals surface area contributed by atoms with Gasteiger partial charge in [0.05, 0.1) is 22.7 Å². The van der Waals surface area contributed by atoms with Gasteiger partial charge in [0.15, 0.2) is 0 Å². The number of rotatable bonds is 4. The lowest BCUT2D eigenvalue weighted by molar-refractivity contribution is 0.262. The Hall–Kier alpha value is -4.44. The number of carbonyl (C=O) groups is 1. The number of anilines is 2. The SMILES string of the molecule is N#Cc1ccc(NC(=O)Nc2cccc(Oc3ccc4nccnc4c3)c2)cc1. The normalized spacial score (nSPS) is 10.2. The predicted octanol–water partition coefficient (Wildman–Crippen LogP) is 4.94.